The van der Waals surface area contributed by atoms with Crippen molar-refractivity contribution in [1.29, 1.82) is 0 Å². The third-order valence-electron chi connectivity index (χ3n) is 16.9. The van der Waals surface area contributed by atoms with Gasteiger partial charge in [-0.2, -0.15) is 0 Å². The summed E-state index contributed by atoms with van der Waals surface area (Å²) in [5, 5.41) is 24.0. The number of H-pyrrole nitrogens is 1. The van der Waals surface area contributed by atoms with Crippen LogP contribution in [-0.4, -0.2) is 154 Å². The molecule has 1 unspecified atom stereocenters. The van der Waals surface area contributed by atoms with Gasteiger partial charge in [-0.05, 0) is 118 Å². The molecule has 10 amide bonds. The molecule has 4 aliphatic rings. The minimum atomic E-state index is -1.22. The fourth-order valence-corrected chi connectivity index (χ4v) is 12.4. The number of unbranched alkanes of at least 4 members (excludes halogenated alkanes) is 2. The van der Waals surface area contributed by atoms with Crippen molar-refractivity contribution in [2.24, 2.45) is 35.1 Å². The number of amides is 10. The summed E-state index contributed by atoms with van der Waals surface area (Å²) in [6.07, 6.45) is 3.25. The largest absolute Gasteiger partial charge is 0.356 e. The Morgan fingerprint density at radius 2 is 0.988 bits per heavy atom. The third-order valence-corrected chi connectivity index (χ3v) is 16.9. The summed E-state index contributed by atoms with van der Waals surface area (Å²) in [5.74, 6) is -7.68. The van der Waals surface area contributed by atoms with Gasteiger partial charge in [-0.15, -0.1) is 0 Å². The second-order valence-corrected chi connectivity index (χ2v) is 25.3. The van der Waals surface area contributed by atoms with Gasteiger partial charge in [0.25, 0.3) is 0 Å². The van der Waals surface area contributed by atoms with Gasteiger partial charge in [0.1, 0.15) is 60.4 Å². The molecule has 7 rings (SSSR count). The summed E-state index contributed by atoms with van der Waals surface area (Å²) in [4.78, 5) is 154. The van der Waals surface area contributed by atoms with Gasteiger partial charge in [-0.1, -0.05) is 104 Å². The van der Waals surface area contributed by atoms with E-state index in [9.17, 15) is 43.2 Å². The first-order valence-corrected chi connectivity index (χ1v) is 31.1. The van der Waals surface area contributed by atoms with Gasteiger partial charge in [0.05, 0.1) is 6.04 Å². The smallest absolute Gasteiger partial charge is 0.246 e. The van der Waals surface area contributed by atoms with Crippen LogP contribution >= 0.6 is 0 Å². The molecule has 11 atom stereocenters. The van der Waals surface area contributed by atoms with E-state index in [4.69, 9.17) is 11.5 Å². The van der Waals surface area contributed by atoms with E-state index >= 15 is 4.79 Å². The Morgan fingerprint density at radius 1 is 0.500 bits per heavy atom. The van der Waals surface area contributed by atoms with Crippen LogP contribution in [0.2, 0.25) is 0 Å². The van der Waals surface area contributed by atoms with Crippen LogP contribution in [0.15, 0.2) is 54.6 Å². The van der Waals surface area contributed by atoms with Crippen LogP contribution in [0.3, 0.4) is 0 Å². The van der Waals surface area contributed by atoms with Crippen LogP contribution in [0.25, 0.3) is 10.9 Å². The van der Waals surface area contributed by atoms with E-state index in [1.165, 1.54) is 9.80 Å². The van der Waals surface area contributed by atoms with Crippen LogP contribution in [0.1, 0.15) is 149 Å². The molecule has 0 spiro atoms. The maximum absolute atomic E-state index is 15.0. The Labute approximate surface area is 504 Å². The minimum Gasteiger partial charge on any atom is -0.356 e. The molecule has 0 radical (unpaired) electrons. The van der Waals surface area contributed by atoms with Gasteiger partial charge in [0.15, 0.2) is 0 Å². The second-order valence-electron chi connectivity index (χ2n) is 25.3. The van der Waals surface area contributed by atoms with Gasteiger partial charge in [0.2, 0.25) is 59.1 Å². The zero-order valence-electron chi connectivity index (χ0n) is 51.3. The van der Waals surface area contributed by atoms with Crippen molar-refractivity contribution in [2.75, 3.05) is 19.6 Å². The minimum absolute atomic E-state index is 0.0277. The van der Waals surface area contributed by atoms with Crippen molar-refractivity contribution in [3.8, 4) is 0 Å². The van der Waals surface area contributed by atoms with Crippen LogP contribution in [0, 0.1) is 23.7 Å². The maximum Gasteiger partial charge on any atom is 0.246 e. The summed E-state index contributed by atoms with van der Waals surface area (Å²) in [5.41, 5.74) is 14.8. The number of carbonyl (C=O) groups excluding carboxylic acids is 10. The number of nitrogens with two attached hydrogens (primary N) is 2. The molecule has 0 aliphatic carbocycles. The van der Waals surface area contributed by atoms with E-state index in [1.807, 2.05) is 70.2 Å². The van der Waals surface area contributed by atoms with E-state index in [1.54, 1.807) is 39.8 Å². The van der Waals surface area contributed by atoms with Crippen molar-refractivity contribution in [1.82, 2.24) is 57.3 Å². The van der Waals surface area contributed by atoms with Crippen LogP contribution < -0.4 is 54.0 Å². The molecule has 23 nitrogen and oxygen atoms in total. The van der Waals surface area contributed by atoms with E-state index in [0.29, 0.717) is 56.5 Å². The number of aromatic nitrogens is 1. The number of nitrogens with zero attached hydrogens (tertiary/aromatic N) is 2. The number of carbonyl (C=O) groups is 10. The lowest BCUT2D eigenvalue weighted by Crippen LogP contribution is -2.62. The number of aromatic amines is 1. The summed E-state index contributed by atoms with van der Waals surface area (Å²) in [7, 11) is 0. The van der Waals surface area contributed by atoms with Crippen molar-refractivity contribution < 1.29 is 47.9 Å². The molecule has 2 bridgehead atoms. The Bertz CT molecular complexity index is 2910. The highest BCUT2D eigenvalue weighted by Crippen LogP contribution is 2.44. The Hall–Kier alpha value is -7.40. The van der Waals surface area contributed by atoms with Crippen molar-refractivity contribution in [2.45, 2.75) is 205 Å². The third kappa shape index (κ3) is 16.4. The maximum atomic E-state index is 15.0. The summed E-state index contributed by atoms with van der Waals surface area (Å²) >= 11 is 0. The van der Waals surface area contributed by atoms with Crippen molar-refractivity contribution >= 4 is 70.0 Å². The fourth-order valence-electron chi connectivity index (χ4n) is 12.4. The van der Waals surface area contributed by atoms with E-state index in [2.05, 4.69) is 47.5 Å². The predicted octanol–water partition coefficient (Wildman–Crippen LogP) is 2.15. The fraction of sp³-hybridized carbons (Fsp3) is 0.619. The standard InChI is InChI=1S/C63H93N13O10/c1-34(2)29-44-56(79)71-46(31-38-19-10-9-11-20-38)62(85)75-28-18-25-48(75)58(81)73-51(36(5)6)60(83)67-42(23-14-16-26-64)55(78)70-45(30-35(3)4)57(80)72-47-33-49-53-40(39-21-12-13-22-41(39)66-53)32-50(76(49)63(47)86)59(82)74-52(37(7)8)61(84)68-43(54(77)69-44)24-15-17-27-65/h9-13,19-22,34-37,42-52,66H,14-18,23-33,64-65H2,1-8H3,(H,67,83)(H,68,84)(H,69,77)(H,70,78)(H,71,79)(H,72,80)(H,73,81)(H,74,82)/t42-,43-,44-,45-,46+,47+,48-,49?,50+,51-,52-/m0/s1. The lowest BCUT2D eigenvalue weighted by Gasteiger charge is -2.37. The van der Waals surface area contributed by atoms with Gasteiger partial charge in [-0.3, -0.25) is 47.9 Å². The summed E-state index contributed by atoms with van der Waals surface area (Å²) < 4.78 is 0. The van der Waals surface area contributed by atoms with Crippen molar-refractivity contribution in [3.05, 3.63) is 71.4 Å². The Kier molecular flexibility index (Phi) is 23.3. The number of hydrogen-bond acceptors (Lipinski definition) is 12. The first kappa shape index (κ1) is 66.1. The highest BCUT2D eigenvalue weighted by molar-refractivity contribution is 6.01. The molecule has 2 aromatic carbocycles. The molecule has 3 fully saturated rings. The normalized spacial score (nSPS) is 27.1. The molecule has 3 aromatic rings. The average molecular weight is 1190 g/mol. The van der Waals surface area contributed by atoms with Gasteiger partial charge in [-0.25, -0.2) is 0 Å². The Balaban J connectivity index is 1.28. The number of nitrogens with one attached hydrogen (secondary N) is 9. The molecule has 0 saturated carbocycles. The zero-order chi connectivity index (χ0) is 62.5. The van der Waals surface area contributed by atoms with E-state index in [-0.39, 0.29) is 69.7 Å². The molecule has 86 heavy (non-hydrogen) atoms. The van der Waals surface area contributed by atoms with E-state index in [0.717, 1.165) is 16.5 Å². The molecule has 4 aliphatic heterocycles. The van der Waals surface area contributed by atoms with Crippen molar-refractivity contribution in [3.63, 3.8) is 0 Å². The SMILES string of the molecule is CC(C)C[C@@H]1NC(=O)[C@H](CCCCN)NC(=O)[C@H](C(C)C)NC(=O)[C@H]2Cc3c([nH]c4ccccc34)C3C[C@@H](NC(=O)[C@H](CC(C)C)NC(=O)[C@H](CCCCN)NC(=O)[C@H](C(C)C)NC(=O)[C@@H]4CCCN4C(=O)[C@@H](Cc4ccccc4)NC1=O)C(=O)N32. The molecule has 13 N–H and O–H groups in total. The number of benzene rings is 2. The molecule has 1 aromatic heterocycles. The number of rotatable bonds is 16. The number of para-hydroxylation sites is 1. The first-order valence-electron chi connectivity index (χ1n) is 31.1. The van der Waals surface area contributed by atoms with Crippen LogP contribution in [-0.2, 0) is 60.8 Å². The molecule has 23 heteroatoms. The highest BCUT2D eigenvalue weighted by Gasteiger charge is 2.52. The number of hydrogen-bond donors (Lipinski definition) is 11. The summed E-state index contributed by atoms with van der Waals surface area (Å²) in [6, 6.07) is 4.13. The van der Waals surface area contributed by atoms with E-state index < -0.39 is 137 Å². The topological polar surface area (TPSA) is 341 Å². The van der Waals surface area contributed by atoms with Gasteiger partial charge < -0.3 is 68.8 Å². The van der Waals surface area contributed by atoms with Gasteiger partial charge >= 0.3 is 0 Å². The lowest BCUT2D eigenvalue weighted by atomic mass is 9.91. The Morgan fingerprint density at radius 3 is 1.52 bits per heavy atom. The average Bonchev–Trinajstić information content (AvgIpc) is 1.67. The molecule has 470 valence electrons. The number of fused-ring (bicyclic) bond motifs is 6. The molecule has 5 heterocycles. The predicted molar refractivity (Wildman–Crippen MR) is 325 cm³/mol. The van der Waals surface area contributed by atoms with Crippen LogP contribution in [0.4, 0.5) is 0 Å². The van der Waals surface area contributed by atoms with Gasteiger partial charge in [0, 0.05) is 42.4 Å². The zero-order valence-corrected chi connectivity index (χ0v) is 51.3. The van der Waals surface area contributed by atoms with Crippen LogP contribution in [0.5, 0.6) is 0 Å². The monoisotopic (exact) mass is 1190 g/mol. The highest BCUT2D eigenvalue weighted by atomic mass is 16.2. The first-order chi connectivity index (χ1) is 41.0. The molecular weight excluding hydrogens is 1100 g/mol. The summed E-state index contributed by atoms with van der Waals surface area (Å²) in [6.45, 7) is 15.3. The molecular formula is C63H93N13O10. The quantitative estimate of drug-likeness (QED) is 0.0920. The second kappa shape index (κ2) is 30.3. The molecule has 3 saturated heterocycles. The lowest BCUT2D eigenvalue weighted by molar-refractivity contribution is -0.143.